The van der Waals surface area contributed by atoms with Crippen LogP contribution in [0.4, 0.5) is 4.39 Å². The van der Waals surface area contributed by atoms with Gasteiger partial charge in [0.1, 0.15) is 11.6 Å². The molecular weight excluding hydrogens is 253 g/mol. The molecule has 0 aromatic heterocycles. The molecule has 1 aliphatic heterocycles. The molecule has 1 heterocycles. The molecule has 3 heteroatoms. The number of phenolic OH excluding ortho intramolecular Hbond substituents is 1. The summed E-state index contributed by atoms with van der Waals surface area (Å²) in [5, 5.41) is 9.36. The van der Waals surface area contributed by atoms with E-state index in [1.54, 1.807) is 12.1 Å². The Morgan fingerprint density at radius 2 is 1.95 bits per heavy atom. The molecule has 2 aliphatic rings. The number of phenols is 1. The number of benzene rings is 1. The maximum Gasteiger partial charge on any atom is 0.131 e. The van der Waals surface area contributed by atoms with E-state index in [2.05, 4.69) is 11.8 Å². The van der Waals surface area contributed by atoms with E-state index in [0.29, 0.717) is 11.6 Å². The van der Waals surface area contributed by atoms with Crippen molar-refractivity contribution in [2.75, 3.05) is 6.54 Å². The Morgan fingerprint density at radius 1 is 1.20 bits per heavy atom. The molecule has 20 heavy (non-hydrogen) atoms. The molecule has 3 atom stereocenters. The summed E-state index contributed by atoms with van der Waals surface area (Å²) in [4.78, 5) is 2.50. The fourth-order valence-electron chi connectivity index (χ4n) is 4.18. The van der Waals surface area contributed by atoms with Crippen LogP contribution < -0.4 is 0 Å². The third kappa shape index (κ3) is 2.56. The number of likely N-dealkylation sites (tertiary alicyclic amines) is 1. The van der Waals surface area contributed by atoms with E-state index < -0.39 is 0 Å². The van der Waals surface area contributed by atoms with Gasteiger partial charge in [0.25, 0.3) is 0 Å². The van der Waals surface area contributed by atoms with Gasteiger partial charge in [0.2, 0.25) is 0 Å². The van der Waals surface area contributed by atoms with Crippen molar-refractivity contribution in [3.8, 4) is 5.75 Å². The number of fused-ring (bicyclic) bond motifs is 1. The Labute approximate surface area is 120 Å². The lowest BCUT2D eigenvalue weighted by molar-refractivity contribution is 0.0297. The zero-order valence-corrected chi connectivity index (χ0v) is 12.2. The Morgan fingerprint density at radius 3 is 2.75 bits per heavy atom. The predicted molar refractivity (Wildman–Crippen MR) is 78.2 cm³/mol. The number of nitrogens with zero attached hydrogens (tertiary/aromatic N) is 1. The molecule has 2 nitrogen and oxygen atoms in total. The molecule has 1 unspecified atom stereocenters. The molecule has 1 N–H and O–H groups in total. The first-order valence-electron chi connectivity index (χ1n) is 7.91. The number of hydrogen-bond donors (Lipinski definition) is 1. The number of halogens is 1. The van der Waals surface area contributed by atoms with Gasteiger partial charge < -0.3 is 5.11 Å². The van der Waals surface area contributed by atoms with Crippen LogP contribution in [0.25, 0.3) is 0 Å². The van der Waals surface area contributed by atoms with E-state index in [1.165, 1.54) is 44.6 Å². The highest BCUT2D eigenvalue weighted by Crippen LogP contribution is 2.39. The standard InChI is InChI=1S/C17H24FNO/c1-12(15-9-8-14(20)11-16(15)18)19-10-4-6-13-5-2-3-7-17(13)19/h8-9,11-13,17,20H,2-7,10H2,1H3/t12?,13-,17-/m1/s1. The Hall–Kier alpha value is -1.09. The van der Waals surface area contributed by atoms with Gasteiger partial charge in [0, 0.05) is 23.7 Å². The molecular formula is C17H24FNO. The van der Waals surface area contributed by atoms with E-state index in [9.17, 15) is 9.50 Å². The van der Waals surface area contributed by atoms with Gasteiger partial charge in [-0.1, -0.05) is 18.9 Å². The smallest absolute Gasteiger partial charge is 0.131 e. The monoisotopic (exact) mass is 277 g/mol. The van der Waals surface area contributed by atoms with Crippen molar-refractivity contribution >= 4 is 0 Å². The summed E-state index contributed by atoms with van der Waals surface area (Å²) in [5.74, 6) is 0.531. The third-order valence-electron chi connectivity index (χ3n) is 5.22. The first-order valence-corrected chi connectivity index (χ1v) is 7.91. The van der Waals surface area contributed by atoms with E-state index in [0.717, 1.165) is 12.5 Å². The van der Waals surface area contributed by atoms with E-state index in [-0.39, 0.29) is 17.6 Å². The Balaban J connectivity index is 1.83. The van der Waals surface area contributed by atoms with Gasteiger partial charge in [-0.15, -0.1) is 0 Å². The highest BCUT2D eigenvalue weighted by molar-refractivity contribution is 5.29. The van der Waals surface area contributed by atoms with Crippen molar-refractivity contribution in [3.63, 3.8) is 0 Å². The average Bonchev–Trinajstić information content (AvgIpc) is 2.46. The first kappa shape index (κ1) is 13.9. The number of hydrogen-bond acceptors (Lipinski definition) is 2. The lowest BCUT2D eigenvalue weighted by atomic mass is 9.77. The normalized spacial score (nSPS) is 28.9. The fraction of sp³-hybridized carbons (Fsp3) is 0.647. The lowest BCUT2D eigenvalue weighted by Crippen LogP contribution is -2.47. The summed E-state index contributed by atoms with van der Waals surface area (Å²) in [6, 6.07) is 5.29. The molecule has 1 saturated carbocycles. The molecule has 1 aromatic carbocycles. The Bertz CT molecular complexity index is 474. The predicted octanol–water partition coefficient (Wildman–Crippen LogP) is 4.25. The Kier molecular flexibility index (Phi) is 3.97. The zero-order chi connectivity index (χ0) is 14.1. The first-order chi connectivity index (χ1) is 9.66. The SMILES string of the molecule is CC(c1ccc(O)cc1F)N1CCC[C@H]2CCCC[C@H]21. The second kappa shape index (κ2) is 5.72. The second-order valence-electron chi connectivity index (χ2n) is 6.37. The van der Waals surface area contributed by atoms with Gasteiger partial charge in [0.05, 0.1) is 0 Å². The van der Waals surface area contributed by atoms with Crippen LogP contribution in [-0.4, -0.2) is 22.6 Å². The number of rotatable bonds is 2. The van der Waals surface area contributed by atoms with Crippen LogP contribution >= 0.6 is 0 Å². The van der Waals surface area contributed by atoms with E-state index in [4.69, 9.17) is 0 Å². The van der Waals surface area contributed by atoms with Crippen LogP contribution in [0, 0.1) is 11.7 Å². The van der Waals surface area contributed by atoms with Gasteiger partial charge in [-0.05, 0) is 51.1 Å². The molecule has 1 saturated heterocycles. The van der Waals surface area contributed by atoms with Gasteiger partial charge >= 0.3 is 0 Å². The van der Waals surface area contributed by atoms with E-state index in [1.807, 2.05) is 0 Å². The average molecular weight is 277 g/mol. The van der Waals surface area contributed by atoms with Crippen LogP contribution in [0.2, 0.25) is 0 Å². The van der Waals surface area contributed by atoms with Crippen molar-refractivity contribution < 1.29 is 9.50 Å². The minimum absolute atomic E-state index is 0.00707. The van der Waals surface area contributed by atoms with Crippen LogP contribution in [-0.2, 0) is 0 Å². The summed E-state index contributed by atoms with van der Waals surface area (Å²) < 4.78 is 14.1. The van der Waals surface area contributed by atoms with Crippen molar-refractivity contribution in [2.24, 2.45) is 5.92 Å². The fourth-order valence-corrected chi connectivity index (χ4v) is 4.18. The molecule has 0 amide bonds. The highest BCUT2D eigenvalue weighted by Gasteiger charge is 2.36. The molecule has 110 valence electrons. The molecule has 0 spiro atoms. The molecule has 0 radical (unpaired) electrons. The van der Waals surface area contributed by atoms with Gasteiger partial charge in [-0.2, -0.15) is 0 Å². The second-order valence-corrected chi connectivity index (χ2v) is 6.37. The van der Waals surface area contributed by atoms with Gasteiger partial charge in [-0.25, -0.2) is 4.39 Å². The molecule has 3 rings (SSSR count). The van der Waals surface area contributed by atoms with Crippen LogP contribution in [0.3, 0.4) is 0 Å². The van der Waals surface area contributed by atoms with Gasteiger partial charge in [0.15, 0.2) is 0 Å². The van der Waals surface area contributed by atoms with Crippen molar-refractivity contribution in [2.45, 2.75) is 57.5 Å². The van der Waals surface area contributed by atoms with Gasteiger partial charge in [-0.3, -0.25) is 4.90 Å². The molecule has 0 bridgehead atoms. The summed E-state index contributed by atoms with van der Waals surface area (Å²) >= 11 is 0. The summed E-state index contributed by atoms with van der Waals surface area (Å²) in [6.07, 6.45) is 7.83. The highest BCUT2D eigenvalue weighted by atomic mass is 19.1. The topological polar surface area (TPSA) is 23.5 Å². The van der Waals surface area contributed by atoms with E-state index >= 15 is 0 Å². The molecule has 2 fully saturated rings. The van der Waals surface area contributed by atoms with Crippen molar-refractivity contribution in [1.82, 2.24) is 4.90 Å². The summed E-state index contributed by atoms with van der Waals surface area (Å²) in [5.41, 5.74) is 0.717. The minimum atomic E-state index is -0.282. The number of aromatic hydroxyl groups is 1. The molecule has 1 aliphatic carbocycles. The number of piperidine rings is 1. The van der Waals surface area contributed by atoms with Crippen LogP contribution in [0.5, 0.6) is 5.75 Å². The zero-order valence-electron chi connectivity index (χ0n) is 12.2. The van der Waals surface area contributed by atoms with Crippen molar-refractivity contribution in [1.29, 1.82) is 0 Å². The summed E-state index contributed by atoms with van der Waals surface area (Å²) in [6.45, 7) is 3.18. The quantitative estimate of drug-likeness (QED) is 0.873. The third-order valence-corrected chi connectivity index (χ3v) is 5.22. The van der Waals surface area contributed by atoms with Crippen LogP contribution in [0.1, 0.15) is 57.1 Å². The van der Waals surface area contributed by atoms with Crippen molar-refractivity contribution in [3.05, 3.63) is 29.6 Å². The largest absolute Gasteiger partial charge is 0.508 e. The molecule has 1 aromatic rings. The minimum Gasteiger partial charge on any atom is -0.508 e. The van der Waals surface area contributed by atoms with Crippen LogP contribution in [0.15, 0.2) is 18.2 Å². The summed E-state index contributed by atoms with van der Waals surface area (Å²) in [7, 11) is 0. The lowest BCUT2D eigenvalue weighted by Gasteiger charge is -2.47. The maximum absolute atomic E-state index is 14.1. The maximum atomic E-state index is 14.1.